The number of carbonyl (C=O) groups is 1. The quantitative estimate of drug-likeness (QED) is 0.880. The van der Waals surface area contributed by atoms with Crippen molar-refractivity contribution in [2.24, 2.45) is 0 Å². The summed E-state index contributed by atoms with van der Waals surface area (Å²) in [7, 11) is 0. The van der Waals surface area contributed by atoms with Gasteiger partial charge in [0.1, 0.15) is 5.69 Å². The molecule has 2 aromatic rings. The molecule has 128 valence electrons. The highest BCUT2D eigenvalue weighted by Gasteiger charge is 2.26. The number of halogens is 2. The van der Waals surface area contributed by atoms with Crippen molar-refractivity contribution in [1.29, 1.82) is 0 Å². The van der Waals surface area contributed by atoms with Crippen molar-refractivity contribution >= 4 is 5.91 Å². The third-order valence-electron chi connectivity index (χ3n) is 3.91. The molecule has 1 atom stereocenters. The Labute approximate surface area is 137 Å². The molecule has 1 amide bonds. The van der Waals surface area contributed by atoms with Gasteiger partial charge in [-0.2, -0.15) is 5.10 Å². The van der Waals surface area contributed by atoms with Crippen LogP contribution in [0.5, 0.6) is 0 Å². The highest BCUT2D eigenvalue weighted by molar-refractivity contribution is 5.92. The van der Waals surface area contributed by atoms with Crippen LogP contribution in [0.25, 0.3) is 0 Å². The molecule has 0 aromatic carbocycles. The van der Waals surface area contributed by atoms with Gasteiger partial charge in [-0.15, -0.1) is 0 Å². The lowest BCUT2D eigenvalue weighted by molar-refractivity contribution is 0.0503. The van der Waals surface area contributed by atoms with Crippen molar-refractivity contribution in [3.8, 4) is 0 Å². The molecule has 0 aliphatic carbocycles. The van der Waals surface area contributed by atoms with E-state index in [-0.39, 0.29) is 17.5 Å². The second-order valence-corrected chi connectivity index (χ2v) is 5.69. The molecule has 0 spiro atoms. The Balaban J connectivity index is 1.77. The number of ether oxygens (including phenoxy) is 1. The van der Waals surface area contributed by atoms with Crippen LogP contribution in [-0.4, -0.2) is 45.2 Å². The molecular formula is C16H18F2N4O2. The van der Waals surface area contributed by atoms with Crippen LogP contribution in [0.15, 0.2) is 30.6 Å². The first kappa shape index (κ1) is 16.5. The van der Waals surface area contributed by atoms with Crippen LogP contribution < -0.4 is 0 Å². The molecule has 2 aromatic heterocycles. The molecule has 1 N–H and O–H groups in total. The summed E-state index contributed by atoms with van der Waals surface area (Å²) in [6.45, 7) is 1.43. The fourth-order valence-corrected chi connectivity index (χ4v) is 2.68. The third kappa shape index (κ3) is 3.94. The van der Waals surface area contributed by atoms with Gasteiger partial charge >= 0.3 is 0 Å². The number of hydrogen-bond donors (Lipinski definition) is 1. The van der Waals surface area contributed by atoms with Crippen molar-refractivity contribution in [2.75, 3.05) is 13.2 Å². The summed E-state index contributed by atoms with van der Waals surface area (Å²) < 4.78 is 31.0. The van der Waals surface area contributed by atoms with Gasteiger partial charge in [0.2, 0.25) is 0 Å². The van der Waals surface area contributed by atoms with E-state index in [1.165, 1.54) is 0 Å². The topological polar surface area (TPSA) is 71.1 Å². The van der Waals surface area contributed by atoms with Crippen LogP contribution in [0.1, 0.15) is 41.0 Å². The van der Waals surface area contributed by atoms with Crippen LogP contribution in [-0.2, 0) is 11.3 Å². The average Bonchev–Trinajstić information content (AvgIpc) is 3.26. The maximum Gasteiger partial charge on any atom is 0.279 e. The Kier molecular flexibility index (Phi) is 5.14. The van der Waals surface area contributed by atoms with Gasteiger partial charge in [0.15, 0.2) is 5.69 Å². The number of rotatable bonds is 6. The zero-order valence-corrected chi connectivity index (χ0v) is 13.0. The van der Waals surface area contributed by atoms with Crippen LogP contribution in [0, 0.1) is 0 Å². The summed E-state index contributed by atoms with van der Waals surface area (Å²) in [6, 6.07) is 4.72. The second kappa shape index (κ2) is 7.48. The molecule has 0 radical (unpaired) electrons. The minimum atomic E-state index is -2.69. The fraction of sp³-hybridized carbons (Fsp3) is 0.438. The standard InChI is InChI=1S/C16H18F2N4O2/c17-15(18)13-8-14(21-20-13)16(23)22(10-12-2-1-7-24-12)9-11-3-5-19-6-4-11/h3-6,8,12,15H,1-2,7,9-10H2,(H,20,21)/t12-/m1/s1. The lowest BCUT2D eigenvalue weighted by Gasteiger charge is -2.24. The number of hydrogen-bond acceptors (Lipinski definition) is 4. The molecule has 24 heavy (non-hydrogen) atoms. The van der Waals surface area contributed by atoms with Gasteiger partial charge in [0, 0.05) is 32.1 Å². The number of amides is 1. The summed E-state index contributed by atoms with van der Waals surface area (Å²) in [4.78, 5) is 18.2. The Bertz CT molecular complexity index is 672. The number of aromatic amines is 1. The van der Waals surface area contributed by atoms with Gasteiger partial charge in [-0.3, -0.25) is 14.9 Å². The van der Waals surface area contributed by atoms with E-state index in [1.54, 1.807) is 17.3 Å². The van der Waals surface area contributed by atoms with E-state index in [0.29, 0.717) is 19.7 Å². The number of alkyl halides is 2. The molecule has 3 heterocycles. The monoisotopic (exact) mass is 336 g/mol. The molecule has 0 saturated carbocycles. The molecule has 1 aliphatic heterocycles. The summed E-state index contributed by atoms with van der Waals surface area (Å²) in [5.41, 5.74) is 0.526. The molecule has 1 saturated heterocycles. The molecule has 0 unspecified atom stereocenters. The Morgan fingerprint density at radius 1 is 1.42 bits per heavy atom. The van der Waals surface area contributed by atoms with Crippen LogP contribution in [0.2, 0.25) is 0 Å². The molecule has 1 fully saturated rings. The van der Waals surface area contributed by atoms with Gasteiger partial charge in [-0.25, -0.2) is 8.78 Å². The highest BCUT2D eigenvalue weighted by Crippen LogP contribution is 2.20. The summed E-state index contributed by atoms with van der Waals surface area (Å²) >= 11 is 0. The summed E-state index contributed by atoms with van der Waals surface area (Å²) in [5, 5.41) is 5.93. The fourth-order valence-electron chi connectivity index (χ4n) is 2.68. The molecule has 1 aliphatic rings. The first-order valence-electron chi connectivity index (χ1n) is 7.76. The molecule has 8 heteroatoms. The van der Waals surface area contributed by atoms with Crippen molar-refractivity contribution < 1.29 is 18.3 Å². The molecular weight excluding hydrogens is 318 g/mol. The van der Waals surface area contributed by atoms with Gasteiger partial charge in [0.25, 0.3) is 12.3 Å². The number of aromatic nitrogens is 3. The van der Waals surface area contributed by atoms with E-state index in [1.807, 2.05) is 12.1 Å². The maximum atomic E-state index is 12.7. The number of pyridine rings is 1. The number of nitrogens with zero attached hydrogens (tertiary/aromatic N) is 3. The normalized spacial score (nSPS) is 17.4. The predicted molar refractivity (Wildman–Crippen MR) is 81.5 cm³/mol. The minimum absolute atomic E-state index is 0.0163. The Morgan fingerprint density at radius 2 is 2.21 bits per heavy atom. The van der Waals surface area contributed by atoms with Gasteiger partial charge < -0.3 is 9.64 Å². The van der Waals surface area contributed by atoms with Crippen LogP contribution in [0.3, 0.4) is 0 Å². The number of nitrogens with one attached hydrogen (secondary N) is 1. The summed E-state index contributed by atoms with van der Waals surface area (Å²) in [6.07, 6.45) is 2.40. The Morgan fingerprint density at radius 3 is 2.83 bits per heavy atom. The zero-order valence-electron chi connectivity index (χ0n) is 13.0. The highest BCUT2D eigenvalue weighted by atomic mass is 19.3. The smallest absolute Gasteiger partial charge is 0.279 e. The van der Waals surface area contributed by atoms with Crippen molar-refractivity contribution in [2.45, 2.75) is 31.9 Å². The van der Waals surface area contributed by atoms with E-state index in [0.717, 1.165) is 24.5 Å². The van der Waals surface area contributed by atoms with Crippen molar-refractivity contribution in [3.63, 3.8) is 0 Å². The van der Waals surface area contributed by atoms with Crippen LogP contribution in [0.4, 0.5) is 8.78 Å². The number of H-pyrrole nitrogens is 1. The summed E-state index contributed by atoms with van der Waals surface area (Å²) in [5.74, 6) is -0.398. The first-order chi connectivity index (χ1) is 11.6. The van der Waals surface area contributed by atoms with E-state index >= 15 is 0 Å². The second-order valence-electron chi connectivity index (χ2n) is 5.69. The van der Waals surface area contributed by atoms with E-state index in [9.17, 15) is 13.6 Å². The third-order valence-corrected chi connectivity index (χ3v) is 3.91. The lowest BCUT2D eigenvalue weighted by atomic mass is 10.2. The van der Waals surface area contributed by atoms with E-state index in [4.69, 9.17) is 4.74 Å². The molecule has 6 nitrogen and oxygen atoms in total. The minimum Gasteiger partial charge on any atom is -0.376 e. The van der Waals surface area contributed by atoms with Crippen LogP contribution >= 0.6 is 0 Å². The van der Waals surface area contributed by atoms with Gasteiger partial charge in [-0.05, 0) is 36.6 Å². The largest absolute Gasteiger partial charge is 0.376 e. The average molecular weight is 336 g/mol. The van der Waals surface area contributed by atoms with Crippen molar-refractivity contribution in [3.05, 3.63) is 47.5 Å². The predicted octanol–water partition coefficient (Wildman–Crippen LogP) is 2.56. The van der Waals surface area contributed by atoms with E-state index < -0.39 is 12.3 Å². The molecule has 0 bridgehead atoms. The molecule has 3 rings (SSSR count). The number of carbonyl (C=O) groups excluding carboxylic acids is 1. The first-order valence-corrected chi connectivity index (χ1v) is 7.76. The van der Waals surface area contributed by atoms with Gasteiger partial charge in [-0.1, -0.05) is 0 Å². The lowest BCUT2D eigenvalue weighted by Crippen LogP contribution is -2.37. The van der Waals surface area contributed by atoms with Gasteiger partial charge in [0.05, 0.1) is 6.10 Å². The SMILES string of the molecule is O=C(c1cc(C(F)F)[nH]n1)N(Cc1ccncc1)C[C@H]1CCCO1. The maximum absolute atomic E-state index is 12.7. The van der Waals surface area contributed by atoms with E-state index in [2.05, 4.69) is 15.2 Å². The van der Waals surface area contributed by atoms with Crippen molar-refractivity contribution in [1.82, 2.24) is 20.1 Å². The zero-order chi connectivity index (χ0) is 16.9. The Hall–Kier alpha value is -2.35.